The summed E-state index contributed by atoms with van der Waals surface area (Å²) in [6.07, 6.45) is 2.02. The van der Waals surface area contributed by atoms with Crippen molar-refractivity contribution < 1.29 is 18.3 Å². The highest BCUT2D eigenvalue weighted by Gasteiger charge is 2.17. The van der Waals surface area contributed by atoms with E-state index < -0.39 is 11.6 Å². The summed E-state index contributed by atoms with van der Waals surface area (Å²) in [6.45, 7) is 1.93. The van der Waals surface area contributed by atoms with Crippen LogP contribution in [0.4, 0.5) is 20.2 Å². The molecule has 9 heteroatoms. The predicted octanol–water partition coefficient (Wildman–Crippen LogP) is 6.31. The van der Waals surface area contributed by atoms with Gasteiger partial charge in [0.25, 0.3) is 5.91 Å². The highest BCUT2D eigenvalue weighted by atomic mass is 35.5. The van der Waals surface area contributed by atoms with Gasteiger partial charge in [-0.1, -0.05) is 11.6 Å². The smallest absolute Gasteiger partial charge is 0.272 e. The molecule has 1 aliphatic rings. The van der Waals surface area contributed by atoms with Crippen LogP contribution in [-0.4, -0.2) is 30.0 Å². The Morgan fingerprint density at radius 3 is 2.43 bits per heavy atom. The molecule has 0 saturated carbocycles. The SMILES string of the molecule is O=C(Nc1ccc(Oc2ccc(F)c(F)c2)cc1)c1cc2cc(Cl)cc(NC3CCNCC3)c2[nH]1. The Morgan fingerprint density at radius 2 is 1.69 bits per heavy atom. The zero-order chi connectivity index (χ0) is 24.4. The molecule has 1 aliphatic heterocycles. The molecule has 0 spiro atoms. The van der Waals surface area contributed by atoms with Crippen molar-refractivity contribution in [3.63, 3.8) is 0 Å². The number of fused-ring (bicyclic) bond motifs is 1. The molecule has 0 atom stereocenters. The number of carbonyl (C=O) groups excluding carboxylic acids is 1. The monoisotopic (exact) mass is 496 g/mol. The molecular weight excluding hydrogens is 474 g/mol. The van der Waals surface area contributed by atoms with Crippen LogP contribution in [0, 0.1) is 11.6 Å². The molecule has 35 heavy (non-hydrogen) atoms. The number of rotatable bonds is 6. The van der Waals surface area contributed by atoms with Gasteiger partial charge in [-0.15, -0.1) is 0 Å². The van der Waals surface area contributed by atoms with Crippen molar-refractivity contribution in [2.75, 3.05) is 23.7 Å². The molecular formula is C26H23ClF2N4O2. The topological polar surface area (TPSA) is 78.2 Å². The molecule has 3 aromatic carbocycles. The highest BCUT2D eigenvalue weighted by molar-refractivity contribution is 6.32. The molecule has 0 unspecified atom stereocenters. The Bertz CT molecular complexity index is 1370. The lowest BCUT2D eigenvalue weighted by atomic mass is 10.1. The molecule has 2 heterocycles. The molecule has 0 bridgehead atoms. The predicted molar refractivity (Wildman–Crippen MR) is 134 cm³/mol. The normalized spacial score (nSPS) is 14.1. The van der Waals surface area contributed by atoms with Crippen LogP contribution < -0.4 is 20.7 Å². The number of aromatic nitrogens is 1. The second-order valence-electron chi connectivity index (χ2n) is 8.43. The van der Waals surface area contributed by atoms with E-state index in [4.69, 9.17) is 16.3 Å². The van der Waals surface area contributed by atoms with Crippen LogP contribution in [0.3, 0.4) is 0 Å². The number of carbonyl (C=O) groups is 1. The van der Waals surface area contributed by atoms with E-state index in [2.05, 4.69) is 20.9 Å². The van der Waals surface area contributed by atoms with Crippen LogP contribution in [0.1, 0.15) is 23.3 Å². The lowest BCUT2D eigenvalue weighted by Gasteiger charge is -2.25. The van der Waals surface area contributed by atoms with Crippen molar-refractivity contribution in [2.24, 2.45) is 0 Å². The van der Waals surface area contributed by atoms with Crippen molar-refractivity contribution in [1.82, 2.24) is 10.3 Å². The van der Waals surface area contributed by atoms with Gasteiger partial charge in [0.1, 0.15) is 17.2 Å². The lowest BCUT2D eigenvalue weighted by molar-refractivity contribution is 0.102. The number of nitrogens with one attached hydrogen (secondary N) is 4. The molecule has 4 N–H and O–H groups in total. The average molecular weight is 497 g/mol. The largest absolute Gasteiger partial charge is 0.457 e. The van der Waals surface area contributed by atoms with Crippen LogP contribution in [0.2, 0.25) is 5.02 Å². The minimum Gasteiger partial charge on any atom is -0.457 e. The highest BCUT2D eigenvalue weighted by Crippen LogP contribution is 2.30. The third-order valence-electron chi connectivity index (χ3n) is 5.88. The Hall–Kier alpha value is -3.62. The van der Waals surface area contributed by atoms with E-state index in [1.807, 2.05) is 12.1 Å². The Kier molecular flexibility index (Phi) is 6.57. The first-order chi connectivity index (χ1) is 16.9. The summed E-state index contributed by atoms with van der Waals surface area (Å²) in [5, 5.41) is 11.2. The van der Waals surface area contributed by atoms with Crippen LogP contribution in [0.25, 0.3) is 10.9 Å². The fraction of sp³-hybridized carbons (Fsp3) is 0.192. The number of hydrogen-bond acceptors (Lipinski definition) is 4. The maximum Gasteiger partial charge on any atom is 0.272 e. The molecule has 0 aliphatic carbocycles. The molecule has 5 rings (SSSR count). The van der Waals surface area contributed by atoms with Gasteiger partial charge in [0, 0.05) is 28.2 Å². The third kappa shape index (κ3) is 5.39. The number of anilines is 2. The fourth-order valence-electron chi connectivity index (χ4n) is 4.11. The first kappa shape index (κ1) is 23.1. The molecule has 6 nitrogen and oxygen atoms in total. The van der Waals surface area contributed by atoms with Crippen molar-refractivity contribution in [3.05, 3.63) is 83.0 Å². The van der Waals surface area contributed by atoms with E-state index in [-0.39, 0.29) is 11.7 Å². The zero-order valence-electron chi connectivity index (χ0n) is 18.6. The summed E-state index contributed by atoms with van der Waals surface area (Å²) in [5.74, 6) is -1.64. The van der Waals surface area contributed by atoms with Gasteiger partial charge >= 0.3 is 0 Å². The fourth-order valence-corrected chi connectivity index (χ4v) is 4.34. The van der Waals surface area contributed by atoms with Crippen LogP contribution in [0.5, 0.6) is 11.5 Å². The number of aromatic amines is 1. The number of H-pyrrole nitrogens is 1. The average Bonchev–Trinajstić information content (AvgIpc) is 3.28. The van der Waals surface area contributed by atoms with E-state index in [9.17, 15) is 13.6 Å². The molecule has 0 radical (unpaired) electrons. The van der Waals surface area contributed by atoms with Gasteiger partial charge in [-0.2, -0.15) is 0 Å². The quantitative estimate of drug-likeness (QED) is 0.252. The van der Waals surface area contributed by atoms with Gasteiger partial charge in [0.2, 0.25) is 0 Å². The molecule has 1 amide bonds. The number of ether oxygens (including phenoxy) is 1. The van der Waals surface area contributed by atoms with Crippen molar-refractivity contribution in [3.8, 4) is 11.5 Å². The zero-order valence-corrected chi connectivity index (χ0v) is 19.4. The van der Waals surface area contributed by atoms with Gasteiger partial charge in [-0.25, -0.2) is 8.78 Å². The summed E-state index contributed by atoms with van der Waals surface area (Å²) in [4.78, 5) is 16.1. The summed E-state index contributed by atoms with van der Waals surface area (Å²) in [5.41, 5.74) is 2.65. The first-order valence-electron chi connectivity index (χ1n) is 11.3. The number of amides is 1. The van der Waals surface area contributed by atoms with Gasteiger partial charge in [0.05, 0.1) is 11.2 Å². The van der Waals surface area contributed by atoms with E-state index in [1.54, 1.807) is 30.3 Å². The summed E-state index contributed by atoms with van der Waals surface area (Å²) < 4.78 is 32.0. The number of piperidine rings is 1. The Balaban J connectivity index is 1.29. The Morgan fingerprint density at radius 1 is 0.943 bits per heavy atom. The van der Waals surface area contributed by atoms with Crippen LogP contribution in [-0.2, 0) is 0 Å². The van der Waals surface area contributed by atoms with E-state index >= 15 is 0 Å². The molecule has 1 fully saturated rings. The van der Waals surface area contributed by atoms with Crippen LogP contribution >= 0.6 is 11.6 Å². The molecule has 180 valence electrons. The number of hydrogen-bond donors (Lipinski definition) is 4. The minimum atomic E-state index is -0.986. The van der Waals surface area contributed by atoms with Crippen molar-refractivity contribution >= 4 is 39.8 Å². The number of halogens is 3. The minimum absolute atomic E-state index is 0.173. The first-order valence-corrected chi connectivity index (χ1v) is 11.7. The Labute approximate surface area is 205 Å². The van der Waals surface area contributed by atoms with Gasteiger partial charge in [-0.3, -0.25) is 4.79 Å². The van der Waals surface area contributed by atoms with Gasteiger partial charge in [0.15, 0.2) is 11.6 Å². The summed E-state index contributed by atoms with van der Waals surface area (Å²) >= 11 is 6.33. The maximum absolute atomic E-state index is 13.4. The standard InChI is InChI=1S/C26H23ClF2N4O2/c27-16-11-15-12-24(33-25(15)23(13-16)31-18-7-9-30-10-8-18)26(34)32-17-1-3-19(4-2-17)35-20-5-6-21(28)22(29)14-20/h1-6,11-14,18,30-31,33H,7-10H2,(H,32,34). The van der Waals surface area contributed by atoms with Gasteiger partial charge < -0.3 is 25.7 Å². The van der Waals surface area contributed by atoms with E-state index in [1.165, 1.54) is 6.07 Å². The molecule has 1 aromatic heterocycles. The summed E-state index contributed by atoms with van der Waals surface area (Å²) in [6, 6.07) is 15.7. The lowest BCUT2D eigenvalue weighted by Crippen LogP contribution is -2.35. The molecule has 1 saturated heterocycles. The third-order valence-corrected chi connectivity index (χ3v) is 6.09. The second kappa shape index (κ2) is 9.93. The van der Waals surface area contributed by atoms with E-state index in [0.29, 0.717) is 28.2 Å². The van der Waals surface area contributed by atoms with Crippen LogP contribution in [0.15, 0.2) is 60.7 Å². The maximum atomic E-state index is 13.4. The molecule has 4 aromatic rings. The van der Waals surface area contributed by atoms with E-state index in [0.717, 1.165) is 54.7 Å². The number of benzene rings is 3. The second-order valence-corrected chi connectivity index (χ2v) is 8.86. The van der Waals surface area contributed by atoms with Crippen molar-refractivity contribution in [1.29, 1.82) is 0 Å². The van der Waals surface area contributed by atoms with Gasteiger partial charge in [-0.05, 0) is 80.5 Å². The van der Waals surface area contributed by atoms with Crippen molar-refractivity contribution in [2.45, 2.75) is 18.9 Å². The summed E-state index contributed by atoms with van der Waals surface area (Å²) in [7, 11) is 0.